The smallest absolute Gasteiger partial charge is 0.133 e. The Morgan fingerprint density at radius 3 is 2.86 bits per heavy atom. The molecule has 1 aliphatic rings. The van der Waals surface area contributed by atoms with E-state index in [-0.39, 0.29) is 17.8 Å². The molecule has 0 aromatic heterocycles. The van der Waals surface area contributed by atoms with Gasteiger partial charge in [-0.25, -0.2) is 0 Å². The number of rotatable bonds is 7. The van der Waals surface area contributed by atoms with Crippen molar-refractivity contribution < 1.29 is 14.6 Å². The van der Waals surface area contributed by atoms with Crippen molar-refractivity contribution in [3.63, 3.8) is 0 Å². The Balaban J connectivity index is 1.95. The molecule has 3 nitrogen and oxygen atoms in total. The lowest BCUT2D eigenvalue weighted by molar-refractivity contribution is -0.120. The number of phenolic OH excluding ortho intramolecular Hbond substituents is 1. The minimum Gasteiger partial charge on any atom is -0.508 e. The van der Waals surface area contributed by atoms with Gasteiger partial charge in [0.1, 0.15) is 17.3 Å². The van der Waals surface area contributed by atoms with Crippen LogP contribution in [0.15, 0.2) is 18.2 Å². The van der Waals surface area contributed by atoms with E-state index in [2.05, 4.69) is 13.8 Å². The van der Waals surface area contributed by atoms with E-state index in [4.69, 9.17) is 4.74 Å². The van der Waals surface area contributed by atoms with E-state index in [1.807, 2.05) is 12.1 Å². The summed E-state index contributed by atoms with van der Waals surface area (Å²) in [6.45, 7) is 4.26. The first-order valence-corrected chi connectivity index (χ1v) is 8.61. The molecule has 2 rings (SSSR count). The van der Waals surface area contributed by atoms with Gasteiger partial charge in [-0.3, -0.25) is 4.79 Å². The van der Waals surface area contributed by atoms with Crippen LogP contribution in [0.25, 0.3) is 0 Å². The van der Waals surface area contributed by atoms with Crippen molar-refractivity contribution in [3.8, 4) is 11.5 Å². The molecule has 22 heavy (non-hydrogen) atoms. The molecule has 2 unspecified atom stereocenters. The second-order valence-electron chi connectivity index (χ2n) is 6.48. The van der Waals surface area contributed by atoms with Crippen molar-refractivity contribution in [1.82, 2.24) is 0 Å². The lowest BCUT2D eigenvalue weighted by Gasteiger charge is -2.22. The highest BCUT2D eigenvalue weighted by molar-refractivity contribution is 5.80. The maximum atomic E-state index is 11.6. The first-order valence-electron chi connectivity index (χ1n) is 8.61. The van der Waals surface area contributed by atoms with Gasteiger partial charge in [-0.1, -0.05) is 25.8 Å². The number of benzene rings is 1. The van der Waals surface area contributed by atoms with Gasteiger partial charge in [0.25, 0.3) is 0 Å². The predicted octanol–water partition coefficient (Wildman–Crippen LogP) is 4.97. The van der Waals surface area contributed by atoms with Crippen LogP contribution in [0, 0.1) is 0 Å². The minimum atomic E-state index is 0.160. The summed E-state index contributed by atoms with van der Waals surface area (Å²) >= 11 is 0. The molecule has 0 bridgehead atoms. The second-order valence-corrected chi connectivity index (χ2v) is 6.48. The zero-order valence-electron chi connectivity index (χ0n) is 13.8. The quantitative estimate of drug-likeness (QED) is 0.724. The van der Waals surface area contributed by atoms with Crippen LogP contribution in [0.5, 0.6) is 11.5 Å². The van der Waals surface area contributed by atoms with E-state index >= 15 is 0 Å². The Hall–Kier alpha value is -1.51. The third-order valence-electron chi connectivity index (χ3n) is 4.48. The van der Waals surface area contributed by atoms with Crippen LogP contribution in [0.1, 0.15) is 76.7 Å². The summed E-state index contributed by atoms with van der Waals surface area (Å²) in [6.07, 6.45) is 7.96. The van der Waals surface area contributed by atoms with Gasteiger partial charge < -0.3 is 9.84 Å². The third kappa shape index (κ3) is 4.75. The molecule has 1 aromatic carbocycles. The fourth-order valence-electron chi connectivity index (χ4n) is 3.21. The van der Waals surface area contributed by atoms with Crippen LogP contribution in [-0.2, 0) is 4.79 Å². The standard InChI is InChI=1S/C19H28O3/c1-3-4-5-7-14(2)22-17-10-11-18(19(21)13-17)15-8-6-9-16(20)12-15/h10-11,13-15,21H,3-9,12H2,1-2H3. The van der Waals surface area contributed by atoms with E-state index in [0.29, 0.717) is 24.4 Å². The maximum Gasteiger partial charge on any atom is 0.133 e. The second kappa shape index (κ2) is 8.21. The topological polar surface area (TPSA) is 46.5 Å². The first-order chi connectivity index (χ1) is 10.6. The zero-order chi connectivity index (χ0) is 15.9. The van der Waals surface area contributed by atoms with Gasteiger partial charge in [0, 0.05) is 18.9 Å². The van der Waals surface area contributed by atoms with Gasteiger partial charge in [-0.2, -0.15) is 0 Å². The number of aromatic hydroxyl groups is 1. The molecule has 1 fully saturated rings. The first kappa shape index (κ1) is 16.9. The van der Waals surface area contributed by atoms with Gasteiger partial charge in [-0.05, 0) is 50.2 Å². The Kier molecular flexibility index (Phi) is 6.29. The van der Waals surface area contributed by atoms with Crippen molar-refractivity contribution in [3.05, 3.63) is 23.8 Å². The number of hydrogen-bond donors (Lipinski definition) is 1. The van der Waals surface area contributed by atoms with Crippen LogP contribution in [-0.4, -0.2) is 17.0 Å². The molecule has 0 amide bonds. The van der Waals surface area contributed by atoms with Crippen LogP contribution in [0.4, 0.5) is 0 Å². The zero-order valence-corrected chi connectivity index (χ0v) is 13.8. The SMILES string of the molecule is CCCCCC(C)Oc1ccc(C2CCCC(=O)C2)c(O)c1. The molecule has 3 heteroatoms. The Labute approximate surface area is 133 Å². The fourth-order valence-corrected chi connectivity index (χ4v) is 3.21. The Morgan fingerprint density at radius 1 is 1.36 bits per heavy atom. The summed E-state index contributed by atoms with van der Waals surface area (Å²) in [5, 5.41) is 10.3. The summed E-state index contributed by atoms with van der Waals surface area (Å²) in [5.41, 5.74) is 0.888. The molecule has 0 heterocycles. The van der Waals surface area contributed by atoms with Gasteiger partial charge in [0.05, 0.1) is 6.10 Å². The Morgan fingerprint density at radius 2 is 2.18 bits per heavy atom. The molecule has 122 valence electrons. The van der Waals surface area contributed by atoms with E-state index in [1.54, 1.807) is 6.07 Å². The van der Waals surface area contributed by atoms with Crippen LogP contribution < -0.4 is 4.74 Å². The normalized spacial score (nSPS) is 19.9. The molecular weight excluding hydrogens is 276 g/mol. The van der Waals surface area contributed by atoms with Crippen LogP contribution >= 0.6 is 0 Å². The van der Waals surface area contributed by atoms with Crippen molar-refractivity contribution in [2.24, 2.45) is 0 Å². The van der Waals surface area contributed by atoms with Crippen molar-refractivity contribution in [2.75, 3.05) is 0 Å². The van der Waals surface area contributed by atoms with Gasteiger partial charge in [-0.15, -0.1) is 0 Å². The highest BCUT2D eigenvalue weighted by Gasteiger charge is 2.23. The molecular formula is C19H28O3. The van der Waals surface area contributed by atoms with Crippen molar-refractivity contribution >= 4 is 5.78 Å². The van der Waals surface area contributed by atoms with Crippen LogP contribution in [0.2, 0.25) is 0 Å². The summed E-state index contributed by atoms with van der Waals surface area (Å²) in [4.78, 5) is 11.6. The molecule has 0 radical (unpaired) electrons. The minimum absolute atomic E-state index is 0.160. The molecule has 2 atom stereocenters. The largest absolute Gasteiger partial charge is 0.508 e. The summed E-state index contributed by atoms with van der Waals surface area (Å²) in [6, 6.07) is 5.54. The number of ether oxygens (including phenoxy) is 1. The highest BCUT2D eigenvalue weighted by atomic mass is 16.5. The van der Waals surface area contributed by atoms with Crippen LogP contribution in [0.3, 0.4) is 0 Å². The van der Waals surface area contributed by atoms with E-state index in [1.165, 1.54) is 19.3 Å². The number of phenols is 1. The molecule has 1 saturated carbocycles. The molecule has 0 aliphatic heterocycles. The third-order valence-corrected chi connectivity index (χ3v) is 4.48. The lowest BCUT2D eigenvalue weighted by Crippen LogP contribution is -2.14. The van der Waals surface area contributed by atoms with Crippen molar-refractivity contribution in [2.45, 2.75) is 77.2 Å². The van der Waals surface area contributed by atoms with E-state index < -0.39 is 0 Å². The molecule has 1 aliphatic carbocycles. The molecule has 0 spiro atoms. The molecule has 0 saturated heterocycles. The van der Waals surface area contributed by atoms with Gasteiger partial charge >= 0.3 is 0 Å². The fraction of sp³-hybridized carbons (Fsp3) is 0.632. The van der Waals surface area contributed by atoms with E-state index in [9.17, 15) is 9.90 Å². The summed E-state index contributed by atoms with van der Waals surface area (Å²) in [5.74, 6) is 1.45. The number of ketones is 1. The molecule has 1 aromatic rings. The van der Waals surface area contributed by atoms with E-state index in [0.717, 1.165) is 24.8 Å². The average molecular weight is 304 g/mol. The Bertz CT molecular complexity index is 495. The lowest BCUT2D eigenvalue weighted by atomic mass is 9.83. The average Bonchev–Trinajstić information content (AvgIpc) is 2.47. The number of carbonyl (C=O) groups excluding carboxylic acids is 1. The number of carbonyl (C=O) groups is 1. The number of hydrogen-bond acceptors (Lipinski definition) is 3. The monoisotopic (exact) mass is 304 g/mol. The van der Waals surface area contributed by atoms with Gasteiger partial charge in [0.2, 0.25) is 0 Å². The molecule has 1 N–H and O–H groups in total. The number of Topliss-reactive ketones (excluding diaryl/α,β-unsaturated/α-hetero) is 1. The van der Waals surface area contributed by atoms with Crippen molar-refractivity contribution in [1.29, 1.82) is 0 Å². The summed E-state index contributed by atoms with van der Waals surface area (Å²) < 4.78 is 5.88. The highest BCUT2D eigenvalue weighted by Crippen LogP contribution is 2.37. The maximum absolute atomic E-state index is 11.6. The predicted molar refractivity (Wildman–Crippen MR) is 88.6 cm³/mol. The number of unbranched alkanes of at least 4 members (excludes halogenated alkanes) is 2. The van der Waals surface area contributed by atoms with Gasteiger partial charge in [0.15, 0.2) is 0 Å². The summed E-state index contributed by atoms with van der Waals surface area (Å²) in [7, 11) is 0.